The van der Waals surface area contributed by atoms with Crippen molar-refractivity contribution in [1.82, 2.24) is 10.3 Å². The number of nitrogens with one attached hydrogen (secondary N) is 1. The number of halogens is 1. The number of ether oxygens (including phenoxy) is 1. The largest absolute Gasteiger partial charge is 0.439 e. The first kappa shape index (κ1) is 14.5. The summed E-state index contributed by atoms with van der Waals surface area (Å²) in [5.41, 5.74) is 2.14. The van der Waals surface area contributed by atoms with Gasteiger partial charge in [-0.15, -0.1) is 0 Å². The van der Waals surface area contributed by atoms with Crippen molar-refractivity contribution in [3.05, 3.63) is 53.5 Å². The highest BCUT2D eigenvalue weighted by molar-refractivity contribution is 5.31. The summed E-state index contributed by atoms with van der Waals surface area (Å²) in [6.45, 7) is 2.88. The van der Waals surface area contributed by atoms with Crippen molar-refractivity contribution in [1.29, 1.82) is 0 Å². The Morgan fingerprint density at radius 2 is 1.95 bits per heavy atom. The van der Waals surface area contributed by atoms with Gasteiger partial charge in [-0.1, -0.05) is 13.3 Å². The predicted octanol–water partition coefficient (Wildman–Crippen LogP) is 3.68. The van der Waals surface area contributed by atoms with E-state index in [0.29, 0.717) is 11.6 Å². The molecule has 0 bridgehead atoms. The van der Waals surface area contributed by atoms with E-state index in [1.165, 1.54) is 12.1 Å². The molecule has 106 valence electrons. The quantitative estimate of drug-likeness (QED) is 0.872. The van der Waals surface area contributed by atoms with Gasteiger partial charge in [-0.3, -0.25) is 0 Å². The van der Waals surface area contributed by atoms with Crippen molar-refractivity contribution in [3.63, 3.8) is 0 Å². The molecule has 0 atom stereocenters. The van der Waals surface area contributed by atoms with E-state index in [0.717, 1.165) is 30.6 Å². The number of aromatic nitrogens is 1. The molecule has 0 saturated heterocycles. The molecular weight excluding hydrogens is 255 g/mol. The molecule has 3 nitrogen and oxygen atoms in total. The highest BCUT2D eigenvalue weighted by atomic mass is 19.1. The molecule has 2 aromatic rings. The van der Waals surface area contributed by atoms with Gasteiger partial charge in [0.25, 0.3) is 0 Å². The van der Waals surface area contributed by atoms with E-state index in [4.69, 9.17) is 4.74 Å². The van der Waals surface area contributed by atoms with E-state index in [2.05, 4.69) is 23.3 Å². The van der Waals surface area contributed by atoms with Crippen molar-refractivity contribution in [3.8, 4) is 11.6 Å². The van der Waals surface area contributed by atoms with Gasteiger partial charge in [0, 0.05) is 18.3 Å². The minimum atomic E-state index is -0.277. The lowest BCUT2D eigenvalue weighted by Crippen LogP contribution is -2.06. The molecule has 0 aliphatic rings. The smallest absolute Gasteiger partial charge is 0.219 e. The van der Waals surface area contributed by atoms with Gasteiger partial charge in [0.1, 0.15) is 11.6 Å². The summed E-state index contributed by atoms with van der Waals surface area (Å²) in [6, 6.07) is 9.93. The highest BCUT2D eigenvalue weighted by Crippen LogP contribution is 2.22. The van der Waals surface area contributed by atoms with Crippen molar-refractivity contribution in [2.75, 3.05) is 7.05 Å². The Morgan fingerprint density at radius 3 is 2.60 bits per heavy atom. The molecule has 1 heterocycles. The summed E-state index contributed by atoms with van der Waals surface area (Å²) in [4.78, 5) is 4.48. The summed E-state index contributed by atoms with van der Waals surface area (Å²) in [7, 11) is 1.90. The van der Waals surface area contributed by atoms with Gasteiger partial charge in [-0.25, -0.2) is 9.37 Å². The molecule has 0 amide bonds. The summed E-state index contributed by atoms with van der Waals surface area (Å²) in [5, 5.41) is 3.12. The minimum Gasteiger partial charge on any atom is -0.439 e. The first-order valence-corrected chi connectivity index (χ1v) is 6.79. The molecule has 0 aliphatic heterocycles. The third-order valence-electron chi connectivity index (χ3n) is 2.84. The number of benzene rings is 1. The van der Waals surface area contributed by atoms with Crippen LogP contribution in [0, 0.1) is 5.82 Å². The van der Waals surface area contributed by atoms with Crippen LogP contribution in [0.25, 0.3) is 0 Å². The Morgan fingerprint density at radius 1 is 1.20 bits per heavy atom. The Kier molecular flexibility index (Phi) is 5.07. The fourth-order valence-electron chi connectivity index (χ4n) is 1.99. The molecule has 1 aromatic carbocycles. The third kappa shape index (κ3) is 4.03. The summed E-state index contributed by atoms with van der Waals surface area (Å²) in [6.07, 6.45) is 1.95. The Balaban J connectivity index is 2.22. The van der Waals surface area contributed by atoms with Crippen LogP contribution in [0.3, 0.4) is 0 Å². The summed E-state index contributed by atoms with van der Waals surface area (Å²) >= 11 is 0. The van der Waals surface area contributed by atoms with Crippen molar-refractivity contribution in [2.24, 2.45) is 0 Å². The molecule has 0 unspecified atom stereocenters. The maximum absolute atomic E-state index is 12.9. The van der Waals surface area contributed by atoms with Crippen LogP contribution < -0.4 is 10.1 Å². The van der Waals surface area contributed by atoms with Crippen LogP contribution >= 0.6 is 0 Å². The first-order chi connectivity index (χ1) is 9.71. The molecule has 1 aromatic heterocycles. The lowest BCUT2D eigenvalue weighted by molar-refractivity contribution is 0.457. The fourth-order valence-corrected chi connectivity index (χ4v) is 1.99. The number of hydrogen-bond donors (Lipinski definition) is 1. The highest BCUT2D eigenvalue weighted by Gasteiger charge is 2.05. The number of nitrogens with zero attached hydrogens (tertiary/aromatic N) is 1. The van der Waals surface area contributed by atoms with Crippen molar-refractivity contribution in [2.45, 2.75) is 26.3 Å². The van der Waals surface area contributed by atoms with Crippen LogP contribution in [0.4, 0.5) is 4.39 Å². The van der Waals surface area contributed by atoms with Crippen LogP contribution in [0.1, 0.15) is 24.6 Å². The van der Waals surface area contributed by atoms with Crippen molar-refractivity contribution < 1.29 is 9.13 Å². The zero-order valence-electron chi connectivity index (χ0n) is 11.8. The molecule has 0 aliphatic carbocycles. The summed E-state index contributed by atoms with van der Waals surface area (Å²) < 4.78 is 18.6. The molecule has 0 radical (unpaired) electrons. The molecule has 1 N–H and O–H groups in total. The van der Waals surface area contributed by atoms with Gasteiger partial charge in [0.2, 0.25) is 5.88 Å². The molecule has 0 fully saturated rings. The fraction of sp³-hybridized carbons (Fsp3) is 0.312. The van der Waals surface area contributed by atoms with Crippen molar-refractivity contribution >= 4 is 0 Å². The van der Waals surface area contributed by atoms with E-state index in [1.807, 2.05) is 13.1 Å². The lowest BCUT2D eigenvalue weighted by Gasteiger charge is -2.09. The molecule has 4 heteroatoms. The van der Waals surface area contributed by atoms with Gasteiger partial charge in [0.15, 0.2) is 0 Å². The average molecular weight is 274 g/mol. The van der Waals surface area contributed by atoms with E-state index in [9.17, 15) is 4.39 Å². The Bertz CT molecular complexity index is 531. The van der Waals surface area contributed by atoms with Gasteiger partial charge in [-0.2, -0.15) is 0 Å². The van der Waals surface area contributed by atoms with E-state index in [-0.39, 0.29) is 5.82 Å². The lowest BCUT2D eigenvalue weighted by atomic mass is 10.1. The molecular formula is C16H19FN2O. The zero-order chi connectivity index (χ0) is 14.4. The average Bonchev–Trinajstić information content (AvgIpc) is 2.42. The maximum atomic E-state index is 12.9. The third-order valence-corrected chi connectivity index (χ3v) is 2.84. The Hall–Kier alpha value is -1.94. The minimum absolute atomic E-state index is 0.277. The monoisotopic (exact) mass is 274 g/mol. The van der Waals surface area contributed by atoms with E-state index in [1.54, 1.807) is 12.1 Å². The normalized spacial score (nSPS) is 10.6. The number of rotatable bonds is 6. The van der Waals surface area contributed by atoms with E-state index < -0.39 is 0 Å². The van der Waals surface area contributed by atoms with Gasteiger partial charge in [-0.05, 0) is 49.4 Å². The molecule has 2 rings (SSSR count). The SMILES string of the molecule is CCCc1cc(CNC)cc(Oc2ccc(F)cc2)n1. The number of pyridine rings is 1. The maximum Gasteiger partial charge on any atom is 0.219 e. The molecule has 0 spiro atoms. The van der Waals surface area contributed by atoms with Crippen LogP contribution in [0.15, 0.2) is 36.4 Å². The predicted molar refractivity (Wildman–Crippen MR) is 77.5 cm³/mol. The first-order valence-electron chi connectivity index (χ1n) is 6.79. The van der Waals surface area contributed by atoms with E-state index >= 15 is 0 Å². The zero-order valence-corrected chi connectivity index (χ0v) is 11.8. The Labute approximate surface area is 118 Å². The topological polar surface area (TPSA) is 34.1 Å². The van der Waals surface area contributed by atoms with Gasteiger partial charge < -0.3 is 10.1 Å². The molecule has 20 heavy (non-hydrogen) atoms. The number of aryl methyl sites for hydroxylation is 1. The van der Waals surface area contributed by atoms with Crippen LogP contribution in [-0.4, -0.2) is 12.0 Å². The number of hydrogen-bond acceptors (Lipinski definition) is 3. The van der Waals surface area contributed by atoms with Gasteiger partial charge in [0.05, 0.1) is 0 Å². The van der Waals surface area contributed by atoms with Crippen LogP contribution in [0.2, 0.25) is 0 Å². The summed E-state index contributed by atoms with van der Waals surface area (Å²) in [5.74, 6) is 0.858. The second kappa shape index (κ2) is 7.01. The van der Waals surface area contributed by atoms with Gasteiger partial charge >= 0.3 is 0 Å². The second-order valence-corrected chi connectivity index (χ2v) is 4.64. The van der Waals surface area contributed by atoms with Crippen LogP contribution in [-0.2, 0) is 13.0 Å². The second-order valence-electron chi connectivity index (χ2n) is 4.64. The van der Waals surface area contributed by atoms with Crippen LogP contribution in [0.5, 0.6) is 11.6 Å². The standard InChI is InChI=1S/C16H19FN2O/c1-3-4-14-9-12(11-18-2)10-16(19-14)20-15-7-5-13(17)6-8-15/h5-10,18H,3-4,11H2,1-2H3. The molecule has 0 saturated carbocycles.